The number of amides is 1. The molecule has 1 aromatic heterocycles. The Morgan fingerprint density at radius 1 is 1.33 bits per heavy atom. The van der Waals surface area contributed by atoms with Gasteiger partial charge in [0.2, 0.25) is 5.95 Å². The molecule has 0 radical (unpaired) electrons. The number of nitrogens with one attached hydrogen (secondary N) is 1. The van der Waals surface area contributed by atoms with Crippen molar-refractivity contribution in [1.29, 1.82) is 0 Å². The Bertz CT molecular complexity index is 952. The number of aliphatic hydroxyl groups excluding tert-OH is 1. The van der Waals surface area contributed by atoms with E-state index in [9.17, 15) is 18.7 Å². The number of nitrogens with zero attached hydrogens (tertiary/aromatic N) is 3. The molecule has 0 saturated carbocycles. The Labute approximate surface area is 178 Å². The number of aromatic nitrogens is 2. The fourth-order valence-electron chi connectivity index (χ4n) is 3.17. The Hall–Kier alpha value is -2.52. The van der Waals surface area contributed by atoms with E-state index in [1.165, 1.54) is 43.9 Å². The van der Waals surface area contributed by atoms with Crippen LogP contribution in [-0.2, 0) is 10.4 Å². The number of carbonyl (C=O) groups excluding carboxylic acids is 1. The molecule has 0 spiro atoms. The zero-order valence-corrected chi connectivity index (χ0v) is 17.7. The van der Waals surface area contributed by atoms with Crippen molar-refractivity contribution in [1.82, 2.24) is 9.97 Å². The van der Waals surface area contributed by atoms with E-state index in [1.807, 2.05) is 0 Å². The largest absolute Gasteiger partial charge is 0.447 e. The van der Waals surface area contributed by atoms with Gasteiger partial charge in [0.15, 0.2) is 0 Å². The quantitative estimate of drug-likeness (QED) is 0.649. The molecule has 10 heteroatoms. The molecule has 7 nitrogen and oxygen atoms in total. The first-order valence-electron chi connectivity index (χ1n) is 9.41. The van der Waals surface area contributed by atoms with Crippen molar-refractivity contribution in [2.45, 2.75) is 51.6 Å². The van der Waals surface area contributed by atoms with Gasteiger partial charge in [-0.1, -0.05) is 23.7 Å². The molecule has 2 heterocycles. The van der Waals surface area contributed by atoms with Gasteiger partial charge in [-0.25, -0.2) is 18.6 Å². The van der Waals surface area contributed by atoms with Crippen LogP contribution in [0.2, 0.25) is 5.15 Å². The van der Waals surface area contributed by atoms with Crippen LogP contribution in [-0.4, -0.2) is 39.9 Å². The molecule has 1 aliphatic heterocycles. The highest BCUT2D eigenvalue weighted by Crippen LogP contribution is 2.30. The summed E-state index contributed by atoms with van der Waals surface area (Å²) in [6, 6.07) is 4.35. The van der Waals surface area contributed by atoms with Crippen molar-refractivity contribution < 1.29 is 23.4 Å². The molecule has 1 amide bonds. The number of alkyl halides is 1. The highest BCUT2D eigenvalue weighted by molar-refractivity contribution is 6.29. The first-order valence-corrected chi connectivity index (χ1v) is 9.79. The third kappa shape index (κ3) is 4.62. The van der Waals surface area contributed by atoms with E-state index in [2.05, 4.69) is 15.3 Å². The lowest BCUT2D eigenvalue weighted by Gasteiger charge is -2.23. The summed E-state index contributed by atoms with van der Waals surface area (Å²) in [6.07, 6.45) is -1.52. The lowest BCUT2D eigenvalue weighted by molar-refractivity contribution is 0.142. The zero-order chi connectivity index (χ0) is 22.2. The van der Waals surface area contributed by atoms with Crippen LogP contribution < -0.4 is 10.2 Å². The number of anilines is 2. The molecule has 2 aromatic rings. The lowest BCUT2D eigenvalue weighted by Crippen LogP contribution is -2.41. The van der Waals surface area contributed by atoms with E-state index in [0.717, 1.165) is 6.07 Å². The van der Waals surface area contributed by atoms with E-state index in [-0.39, 0.29) is 34.7 Å². The molecule has 3 atom stereocenters. The molecule has 2 N–H and O–H groups in total. The smallest absolute Gasteiger partial charge is 0.416 e. The molecular weight excluding hydrogens is 418 g/mol. The normalized spacial score (nSPS) is 18.9. The molecule has 0 aliphatic carbocycles. The highest BCUT2D eigenvalue weighted by atomic mass is 35.5. The minimum absolute atomic E-state index is 0.0137. The van der Waals surface area contributed by atoms with Crippen molar-refractivity contribution in [2.75, 3.05) is 16.8 Å². The molecule has 1 fully saturated rings. The monoisotopic (exact) mass is 440 g/mol. The average molecular weight is 441 g/mol. The van der Waals surface area contributed by atoms with Gasteiger partial charge in [0, 0.05) is 11.6 Å². The van der Waals surface area contributed by atoms with Crippen LogP contribution in [0.1, 0.15) is 44.9 Å². The van der Waals surface area contributed by atoms with E-state index < -0.39 is 35.8 Å². The third-order valence-electron chi connectivity index (χ3n) is 4.89. The second-order valence-corrected chi connectivity index (χ2v) is 8.09. The SMILES string of the molecule is C[C@H](Nc1nc(Cl)cc(N2C(=O)OCC2[C@@H](C)O)n1)c1ccc(C(C)(C)F)cc1F. The molecule has 1 saturated heterocycles. The summed E-state index contributed by atoms with van der Waals surface area (Å²) in [4.78, 5) is 21.7. The van der Waals surface area contributed by atoms with Gasteiger partial charge in [-0.2, -0.15) is 4.98 Å². The van der Waals surface area contributed by atoms with Gasteiger partial charge < -0.3 is 15.2 Å². The fraction of sp³-hybridized carbons (Fsp3) is 0.450. The summed E-state index contributed by atoms with van der Waals surface area (Å²) in [5.74, 6) is -0.366. The predicted octanol–water partition coefficient (Wildman–Crippen LogP) is 4.35. The standard InChI is InChI=1S/C20H23ClF2N4O3/c1-10(13-6-5-12(7-14(13)22)20(3,4)23)24-18-25-16(21)8-17(26-18)27-15(11(2)28)9-30-19(27)29/h5-8,10-11,15,28H,9H2,1-4H3,(H,24,25,26)/t10-,11+,15?/m0/s1. The van der Waals surface area contributed by atoms with Crippen molar-refractivity contribution in [3.8, 4) is 0 Å². The summed E-state index contributed by atoms with van der Waals surface area (Å²) < 4.78 is 33.6. The van der Waals surface area contributed by atoms with E-state index in [4.69, 9.17) is 16.3 Å². The van der Waals surface area contributed by atoms with Crippen LogP contribution in [0.5, 0.6) is 0 Å². The Morgan fingerprint density at radius 3 is 2.63 bits per heavy atom. The Morgan fingerprint density at radius 2 is 2.03 bits per heavy atom. The average Bonchev–Trinajstić information content (AvgIpc) is 3.02. The summed E-state index contributed by atoms with van der Waals surface area (Å²) >= 11 is 6.09. The number of benzene rings is 1. The lowest BCUT2D eigenvalue weighted by atomic mass is 9.97. The third-order valence-corrected chi connectivity index (χ3v) is 5.08. The maximum Gasteiger partial charge on any atom is 0.416 e. The highest BCUT2D eigenvalue weighted by Gasteiger charge is 2.38. The van der Waals surface area contributed by atoms with E-state index in [1.54, 1.807) is 6.92 Å². The molecule has 1 aromatic carbocycles. The summed E-state index contributed by atoms with van der Waals surface area (Å²) in [5, 5.41) is 12.9. The van der Waals surface area contributed by atoms with E-state index in [0.29, 0.717) is 0 Å². The summed E-state index contributed by atoms with van der Waals surface area (Å²) in [7, 11) is 0. The van der Waals surface area contributed by atoms with Gasteiger partial charge >= 0.3 is 6.09 Å². The van der Waals surface area contributed by atoms with Gasteiger partial charge in [-0.15, -0.1) is 0 Å². The zero-order valence-electron chi connectivity index (χ0n) is 17.0. The molecular formula is C20H23ClF2N4O3. The first kappa shape index (κ1) is 22.2. The molecule has 30 heavy (non-hydrogen) atoms. The van der Waals surface area contributed by atoms with Crippen LogP contribution in [0.3, 0.4) is 0 Å². The van der Waals surface area contributed by atoms with Crippen molar-refractivity contribution in [2.24, 2.45) is 0 Å². The van der Waals surface area contributed by atoms with E-state index >= 15 is 0 Å². The number of ether oxygens (including phenoxy) is 1. The van der Waals surface area contributed by atoms with Crippen molar-refractivity contribution >= 4 is 29.5 Å². The van der Waals surface area contributed by atoms with Crippen LogP contribution in [0.15, 0.2) is 24.3 Å². The summed E-state index contributed by atoms with van der Waals surface area (Å²) in [6.45, 7) is 5.95. The molecule has 162 valence electrons. The van der Waals surface area contributed by atoms with Crippen molar-refractivity contribution in [3.05, 3.63) is 46.4 Å². The van der Waals surface area contributed by atoms with Crippen LogP contribution >= 0.6 is 11.6 Å². The molecule has 1 unspecified atom stereocenters. The number of carbonyl (C=O) groups is 1. The van der Waals surface area contributed by atoms with Crippen molar-refractivity contribution in [3.63, 3.8) is 0 Å². The molecule has 1 aliphatic rings. The first-order chi connectivity index (χ1) is 14.0. The van der Waals surface area contributed by atoms with Gasteiger partial charge in [-0.05, 0) is 39.3 Å². The number of hydrogen-bond donors (Lipinski definition) is 2. The number of halogens is 3. The second-order valence-electron chi connectivity index (χ2n) is 7.70. The maximum atomic E-state index is 14.6. The minimum Gasteiger partial charge on any atom is -0.447 e. The van der Waals surface area contributed by atoms with Gasteiger partial charge in [0.25, 0.3) is 0 Å². The predicted molar refractivity (Wildman–Crippen MR) is 109 cm³/mol. The fourth-order valence-corrected chi connectivity index (χ4v) is 3.35. The molecule has 0 bridgehead atoms. The van der Waals surface area contributed by atoms with Crippen LogP contribution in [0.4, 0.5) is 25.3 Å². The van der Waals surface area contributed by atoms with Gasteiger partial charge in [0.05, 0.1) is 12.1 Å². The van der Waals surface area contributed by atoms with Gasteiger partial charge in [0.1, 0.15) is 35.1 Å². The maximum absolute atomic E-state index is 14.6. The number of rotatable bonds is 6. The Kier molecular flexibility index (Phi) is 6.14. The number of aliphatic hydroxyl groups is 1. The number of cyclic esters (lactones) is 1. The van der Waals surface area contributed by atoms with Crippen LogP contribution in [0.25, 0.3) is 0 Å². The summed E-state index contributed by atoms with van der Waals surface area (Å²) in [5.41, 5.74) is -1.14. The topological polar surface area (TPSA) is 87.6 Å². The minimum atomic E-state index is -1.66. The van der Waals surface area contributed by atoms with Crippen LogP contribution in [0, 0.1) is 5.82 Å². The molecule has 3 rings (SSSR count). The second kappa shape index (κ2) is 8.31. The van der Waals surface area contributed by atoms with Gasteiger partial charge in [-0.3, -0.25) is 4.90 Å². The number of hydrogen-bond acceptors (Lipinski definition) is 6. The Balaban J connectivity index is 1.86.